The zero-order valence-electron chi connectivity index (χ0n) is 10.9. The fraction of sp³-hybridized carbons (Fsp3) is 0.600. The van der Waals surface area contributed by atoms with Gasteiger partial charge in [0.1, 0.15) is 0 Å². The predicted molar refractivity (Wildman–Crippen MR) is 70.9 cm³/mol. The van der Waals surface area contributed by atoms with E-state index in [0.717, 1.165) is 19.5 Å². The topological polar surface area (TPSA) is 23.5 Å². The minimum absolute atomic E-state index is 0.0741. The highest BCUT2D eigenvalue weighted by Crippen LogP contribution is 2.26. The van der Waals surface area contributed by atoms with Gasteiger partial charge in [-0.3, -0.25) is 0 Å². The summed E-state index contributed by atoms with van der Waals surface area (Å²) in [7, 11) is 2.15. The van der Waals surface area contributed by atoms with Gasteiger partial charge in [-0.1, -0.05) is 36.2 Å². The first-order valence-electron chi connectivity index (χ1n) is 6.57. The molecule has 2 rings (SSSR count). The molecule has 2 heteroatoms. The van der Waals surface area contributed by atoms with Crippen molar-refractivity contribution in [2.75, 3.05) is 13.6 Å². The summed E-state index contributed by atoms with van der Waals surface area (Å²) in [5, 5.41) is 9.82. The molecule has 0 saturated heterocycles. The van der Waals surface area contributed by atoms with Crippen LogP contribution in [0.2, 0.25) is 0 Å². The maximum Gasteiger partial charge on any atom is 0.0580 e. The minimum Gasteiger partial charge on any atom is -0.393 e. The number of aryl methyl sites for hydroxylation is 1. The molecule has 1 fully saturated rings. The Morgan fingerprint density at radius 1 is 1.35 bits per heavy atom. The van der Waals surface area contributed by atoms with Gasteiger partial charge in [-0.05, 0) is 38.3 Å². The molecule has 2 unspecified atom stereocenters. The molecular formula is C15H23NO. The lowest BCUT2D eigenvalue weighted by Crippen LogP contribution is -2.29. The predicted octanol–water partition coefficient (Wildman–Crippen LogP) is 2.59. The summed E-state index contributed by atoms with van der Waals surface area (Å²) in [6, 6.07) is 8.66. The molecule has 1 aromatic rings. The lowest BCUT2D eigenvalue weighted by molar-refractivity contribution is 0.108. The zero-order valence-corrected chi connectivity index (χ0v) is 10.9. The van der Waals surface area contributed by atoms with Gasteiger partial charge in [0.05, 0.1) is 6.10 Å². The van der Waals surface area contributed by atoms with Crippen molar-refractivity contribution >= 4 is 0 Å². The highest BCUT2D eigenvalue weighted by atomic mass is 16.3. The van der Waals surface area contributed by atoms with Gasteiger partial charge in [-0.15, -0.1) is 0 Å². The summed E-state index contributed by atoms with van der Waals surface area (Å²) in [6.07, 6.45) is 3.28. The van der Waals surface area contributed by atoms with E-state index < -0.39 is 0 Å². The number of aliphatic hydroxyl groups is 1. The molecule has 1 N–H and O–H groups in total. The highest BCUT2D eigenvalue weighted by molar-refractivity contribution is 5.21. The lowest BCUT2D eigenvalue weighted by atomic mass is 10.1. The minimum atomic E-state index is -0.0741. The van der Waals surface area contributed by atoms with Crippen LogP contribution < -0.4 is 0 Å². The Balaban J connectivity index is 1.86. The summed E-state index contributed by atoms with van der Waals surface area (Å²) < 4.78 is 0. The quantitative estimate of drug-likeness (QED) is 0.864. The monoisotopic (exact) mass is 233 g/mol. The number of benzene rings is 1. The molecule has 0 radical (unpaired) electrons. The van der Waals surface area contributed by atoms with Crippen LogP contribution in [0.25, 0.3) is 0 Å². The van der Waals surface area contributed by atoms with Gasteiger partial charge in [0, 0.05) is 13.1 Å². The third-order valence-corrected chi connectivity index (χ3v) is 3.70. The Morgan fingerprint density at radius 2 is 2.18 bits per heavy atom. The molecule has 2 nitrogen and oxygen atoms in total. The Hall–Kier alpha value is -0.860. The first kappa shape index (κ1) is 12.6. The molecule has 1 aliphatic rings. The van der Waals surface area contributed by atoms with Crippen molar-refractivity contribution in [1.29, 1.82) is 0 Å². The van der Waals surface area contributed by atoms with Crippen LogP contribution in [0, 0.1) is 12.8 Å². The van der Waals surface area contributed by atoms with Crippen molar-refractivity contribution in [2.24, 2.45) is 5.92 Å². The van der Waals surface area contributed by atoms with E-state index in [1.54, 1.807) is 0 Å². The van der Waals surface area contributed by atoms with Crippen molar-refractivity contribution in [3.63, 3.8) is 0 Å². The summed E-state index contributed by atoms with van der Waals surface area (Å²) in [5.41, 5.74) is 2.68. The number of aliphatic hydroxyl groups excluding tert-OH is 1. The first-order valence-corrected chi connectivity index (χ1v) is 6.57. The van der Waals surface area contributed by atoms with E-state index in [-0.39, 0.29) is 6.10 Å². The van der Waals surface area contributed by atoms with Crippen molar-refractivity contribution in [2.45, 2.75) is 38.8 Å². The van der Waals surface area contributed by atoms with E-state index in [4.69, 9.17) is 0 Å². The second kappa shape index (κ2) is 5.65. The van der Waals surface area contributed by atoms with Crippen LogP contribution in [0.15, 0.2) is 24.3 Å². The van der Waals surface area contributed by atoms with E-state index in [9.17, 15) is 5.11 Å². The van der Waals surface area contributed by atoms with Gasteiger partial charge < -0.3 is 10.0 Å². The van der Waals surface area contributed by atoms with Crippen molar-refractivity contribution in [3.8, 4) is 0 Å². The molecule has 1 aliphatic carbocycles. The fourth-order valence-corrected chi connectivity index (χ4v) is 2.82. The Bertz CT molecular complexity index is 364. The second-order valence-electron chi connectivity index (χ2n) is 5.44. The summed E-state index contributed by atoms with van der Waals surface area (Å²) in [5.74, 6) is 0.477. The number of rotatable bonds is 4. The molecule has 0 bridgehead atoms. The third-order valence-electron chi connectivity index (χ3n) is 3.70. The van der Waals surface area contributed by atoms with Gasteiger partial charge >= 0.3 is 0 Å². The zero-order chi connectivity index (χ0) is 12.3. The van der Waals surface area contributed by atoms with Crippen LogP contribution >= 0.6 is 0 Å². The van der Waals surface area contributed by atoms with Crippen molar-refractivity contribution in [1.82, 2.24) is 4.90 Å². The Labute approximate surface area is 104 Å². The first-order chi connectivity index (χ1) is 8.15. The van der Waals surface area contributed by atoms with Crippen LogP contribution in [0.1, 0.15) is 30.4 Å². The average Bonchev–Trinajstić information content (AvgIpc) is 2.64. The summed E-state index contributed by atoms with van der Waals surface area (Å²) >= 11 is 0. The van der Waals surface area contributed by atoms with Gasteiger partial charge in [-0.2, -0.15) is 0 Å². The number of hydrogen-bond acceptors (Lipinski definition) is 2. The van der Waals surface area contributed by atoms with Crippen molar-refractivity contribution < 1.29 is 5.11 Å². The van der Waals surface area contributed by atoms with E-state index in [0.29, 0.717) is 5.92 Å². The van der Waals surface area contributed by atoms with E-state index in [1.807, 2.05) is 0 Å². The van der Waals surface area contributed by atoms with Crippen LogP contribution in [0.4, 0.5) is 0 Å². The highest BCUT2D eigenvalue weighted by Gasteiger charge is 2.25. The van der Waals surface area contributed by atoms with Gasteiger partial charge in [0.2, 0.25) is 0 Å². The van der Waals surface area contributed by atoms with Crippen molar-refractivity contribution in [3.05, 3.63) is 35.4 Å². The maximum absolute atomic E-state index is 9.82. The maximum atomic E-state index is 9.82. The molecule has 0 heterocycles. The molecule has 0 amide bonds. The molecular weight excluding hydrogens is 210 g/mol. The van der Waals surface area contributed by atoms with Crippen LogP contribution in [0.5, 0.6) is 0 Å². The van der Waals surface area contributed by atoms with E-state index in [2.05, 4.69) is 43.1 Å². The Kier molecular flexibility index (Phi) is 4.19. The van der Waals surface area contributed by atoms with E-state index >= 15 is 0 Å². The molecule has 1 aromatic carbocycles. The van der Waals surface area contributed by atoms with Crippen LogP contribution in [-0.2, 0) is 6.54 Å². The standard InChI is InChI=1S/C15H23NO/c1-12-5-3-6-13(9-12)10-16(2)11-14-7-4-8-15(14)17/h3,5-6,9,14-15,17H,4,7-8,10-11H2,1-2H3. The molecule has 2 atom stereocenters. The molecule has 0 aliphatic heterocycles. The molecule has 17 heavy (non-hydrogen) atoms. The Morgan fingerprint density at radius 3 is 2.82 bits per heavy atom. The van der Waals surface area contributed by atoms with Crippen LogP contribution in [-0.4, -0.2) is 29.7 Å². The summed E-state index contributed by atoms with van der Waals surface area (Å²) in [4.78, 5) is 2.33. The van der Waals surface area contributed by atoms with Gasteiger partial charge in [0.15, 0.2) is 0 Å². The average molecular weight is 233 g/mol. The molecule has 0 aromatic heterocycles. The smallest absolute Gasteiger partial charge is 0.0580 e. The van der Waals surface area contributed by atoms with Gasteiger partial charge in [-0.25, -0.2) is 0 Å². The summed E-state index contributed by atoms with van der Waals surface area (Å²) in [6.45, 7) is 4.12. The second-order valence-corrected chi connectivity index (χ2v) is 5.44. The van der Waals surface area contributed by atoms with Crippen LogP contribution in [0.3, 0.4) is 0 Å². The van der Waals surface area contributed by atoms with Gasteiger partial charge in [0.25, 0.3) is 0 Å². The van der Waals surface area contributed by atoms with E-state index in [1.165, 1.54) is 24.0 Å². The molecule has 0 spiro atoms. The number of nitrogens with zero attached hydrogens (tertiary/aromatic N) is 1. The fourth-order valence-electron chi connectivity index (χ4n) is 2.82. The largest absolute Gasteiger partial charge is 0.393 e. The molecule has 1 saturated carbocycles. The normalized spacial score (nSPS) is 24.5. The third kappa shape index (κ3) is 3.55. The lowest BCUT2D eigenvalue weighted by Gasteiger charge is -2.23. The SMILES string of the molecule is Cc1cccc(CN(C)CC2CCCC2O)c1. The molecule has 94 valence electrons. The number of hydrogen-bond donors (Lipinski definition) is 1.